The number of nitrogens with one attached hydrogen (secondary N) is 2. The monoisotopic (exact) mass is 312 g/mol. The SMILES string of the molecule is NNC(=O)CCN(CCC(=O)NN)CCN1C(=O)C=CC1=O. The van der Waals surface area contributed by atoms with Crippen molar-refractivity contribution in [1.29, 1.82) is 0 Å². The molecule has 0 unspecified atom stereocenters. The molecule has 22 heavy (non-hydrogen) atoms. The minimum atomic E-state index is -0.371. The van der Waals surface area contributed by atoms with Crippen molar-refractivity contribution >= 4 is 23.6 Å². The highest BCUT2D eigenvalue weighted by atomic mass is 16.2. The number of nitrogens with two attached hydrogens (primary N) is 2. The highest BCUT2D eigenvalue weighted by Gasteiger charge is 2.23. The summed E-state index contributed by atoms with van der Waals surface area (Å²) in [5.41, 5.74) is 4.03. The first-order chi connectivity index (χ1) is 10.5. The molecule has 0 aliphatic carbocycles. The number of carbonyl (C=O) groups is 4. The van der Waals surface area contributed by atoms with E-state index < -0.39 is 0 Å². The summed E-state index contributed by atoms with van der Waals surface area (Å²) in [6, 6.07) is 0. The van der Waals surface area contributed by atoms with Gasteiger partial charge in [-0.05, 0) is 0 Å². The first-order valence-corrected chi connectivity index (χ1v) is 6.72. The number of nitrogens with zero attached hydrogens (tertiary/aromatic N) is 2. The van der Waals surface area contributed by atoms with E-state index in [4.69, 9.17) is 11.7 Å². The second-order valence-corrected chi connectivity index (χ2v) is 4.64. The van der Waals surface area contributed by atoms with Gasteiger partial charge in [0.1, 0.15) is 0 Å². The molecule has 1 rings (SSSR count). The molecule has 1 aliphatic heterocycles. The van der Waals surface area contributed by atoms with Crippen LogP contribution in [0.25, 0.3) is 0 Å². The lowest BCUT2D eigenvalue weighted by Crippen LogP contribution is -2.42. The van der Waals surface area contributed by atoms with Gasteiger partial charge < -0.3 is 4.90 Å². The molecule has 0 saturated carbocycles. The summed E-state index contributed by atoms with van der Waals surface area (Å²) in [6.07, 6.45) is 2.69. The number of hydrazine groups is 2. The van der Waals surface area contributed by atoms with E-state index >= 15 is 0 Å². The predicted octanol–water partition coefficient (Wildman–Crippen LogP) is -3.03. The molecule has 0 aromatic carbocycles. The minimum absolute atomic E-state index is 0.140. The first kappa shape index (κ1) is 17.8. The Morgan fingerprint density at radius 1 is 0.955 bits per heavy atom. The molecule has 122 valence electrons. The van der Waals surface area contributed by atoms with Gasteiger partial charge in [0.05, 0.1) is 0 Å². The number of amides is 4. The summed E-state index contributed by atoms with van der Waals surface area (Å²) in [6.45, 7) is 1.20. The van der Waals surface area contributed by atoms with Gasteiger partial charge in [-0.1, -0.05) is 0 Å². The van der Waals surface area contributed by atoms with Crippen molar-refractivity contribution in [3.8, 4) is 0 Å². The van der Waals surface area contributed by atoms with Crippen LogP contribution in [-0.2, 0) is 19.2 Å². The summed E-state index contributed by atoms with van der Waals surface area (Å²) in [7, 11) is 0. The van der Waals surface area contributed by atoms with E-state index in [9.17, 15) is 19.2 Å². The molecule has 0 aromatic heterocycles. The lowest BCUT2D eigenvalue weighted by Gasteiger charge is -2.24. The normalized spacial score (nSPS) is 13.9. The van der Waals surface area contributed by atoms with Gasteiger partial charge in [0.15, 0.2) is 0 Å². The standard InChI is InChI=1S/C12H20N6O4/c13-15-9(19)3-5-17(6-4-10(20)16-14)7-8-18-11(21)1-2-12(18)22/h1-2H,3-8,13-14H2,(H,15,19)(H,16,20). The molecule has 0 bridgehead atoms. The first-order valence-electron chi connectivity index (χ1n) is 6.72. The second-order valence-electron chi connectivity index (χ2n) is 4.64. The molecule has 1 heterocycles. The van der Waals surface area contributed by atoms with Crippen LogP contribution in [-0.4, -0.2) is 59.6 Å². The molecule has 4 amide bonds. The van der Waals surface area contributed by atoms with Gasteiger partial charge >= 0.3 is 0 Å². The third-order valence-corrected chi connectivity index (χ3v) is 3.17. The second kappa shape index (κ2) is 8.87. The highest BCUT2D eigenvalue weighted by Crippen LogP contribution is 2.04. The summed E-state index contributed by atoms with van der Waals surface area (Å²) in [5, 5.41) is 0. The lowest BCUT2D eigenvalue weighted by atomic mass is 10.3. The van der Waals surface area contributed by atoms with Gasteiger partial charge in [-0.3, -0.25) is 34.9 Å². The Kier molecular flexibility index (Phi) is 7.16. The van der Waals surface area contributed by atoms with E-state index in [-0.39, 0.29) is 43.0 Å². The van der Waals surface area contributed by atoms with Crippen LogP contribution in [0.2, 0.25) is 0 Å². The van der Waals surface area contributed by atoms with Crippen LogP contribution in [0.5, 0.6) is 0 Å². The topological polar surface area (TPSA) is 151 Å². The van der Waals surface area contributed by atoms with Gasteiger partial charge in [-0.2, -0.15) is 0 Å². The fraction of sp³-hybridized carbons (Fsp3) is 0.500. The Morgan fingerprint density at radius 3 is 1.82 bits per heavy atom. The van der Waals surface area contributed by atoms with Gasteiger partial charge in [-0.15, -0.1) is 0 Å². The van der Waals surface area contributed by atoms with E-state index in [1.54, 1.807) is 4.90 Å². The van der Waals surface area contributed by atoms with Gasteiger partial charge in [-0.25, -0.2) is 11.7 Å². The van der Waals surface area contributed by atoms with Crippen LogP contribution in [0.1, 0.15) is 12.8 Å². The zero-order valence-electron chi connectivity index (χ0n) is 12.1. The minimum Gasteiger partial charge on any atom is -0.301 e. The van der Waals surface area contributed by atoms with Gasteiger partial charge in [0, 0.05) is 51.2 Å². The summed E-state index contributed by atoms with van der Waals surface area (Å²) < 4.78 is 0. The maximum Gasteiger partial charge on any atom is 0.253 e. The molecule has 10 heteroatoms. The van der Waals surface area contributed by atoms with E-state index in [0.29, 0.717) is 19.6 Å². The van der Waals surface area contributed by atoms with Crippen LogP contribution >= 0.6 is 0 Å². The number of carbonyl (C=O) groups excluding carboxylic acids is 4. The molecule has 0 atom stereocenters. The van der Waals surface area contributed by atoms with Crippen molar-refractivity contribution in [2.24, 2.45) is 11.7 Å². The number of rotatable bonds is 9. The maximum absolute atomic E-state index is 11.5. The van der Waals surface area contributed by atoms with Crippen molar-refractivity contribution in [2.75, 3.05) is 26.2 Å². The average Bonchev–Trinajstić information content (AvgIpc) is 2.84. The molecule has 6 N–H and O–H groups in total. The highest BCUT2D eigenvalue weighted by molar-refractivity contribution is 6.12. The molecule has 0 radical (unpaired) electrons. The third kappa shape index (κ3) is 5.60. The Labute approximate surface area is 127 Å². The predicted molar refractivity (Wildman–Crippen MR) is 76.2 cm³/mol. The summed E-state index contributed by atoms with van der Waals surface area (Å²) >= 11 is 0. The smallest absolute Gasteiger partial charge is 0.253 e. The zero-order chi connectivity index (χ0) is 16.5. The Balaban J connectivity index is 2.49. The van der Waals surface area contributed by atoms with Crippen molar-refractivity contribution in [2.45, 2.75) is 12.8 Å². The van der Waals surface area contributed by atoms with Gasteiger partial charge in [0.25, 0.3) is 11.8 Å². The maximum atomic E-state index is 11.5. The fourth-order valence-corrected chi connectivity index (χ4v) is 1.89. The Hall–Kier alpha value is -2.30. The molecule has 0 spiro atoms. The van der Waals surface area contributed by atoms with E-state index in [1.165, 1.54) is 12.2 Å². The molecular formula is C12H20N6O4. The molecule has 1 aliphatic rings. The van der Waals surface area contributed by atoms with Crippen molar-refractivity contribution < 1.29 is 19.2 Å². The van der Waals surface area contributed by atoms with Crippen molar-refractivity contribution in [3.05, 3.63) is 12.2 Å². The van der Waals surface area contributed by atoms with Crippen LogP contribution in [0, 0.1) is 0 Å². The third-order valence-electron chi connectivity index (χ3n) is 3.17. The van der Waals surface area contributed by atoms with Crippen LogP contribution < -0.4 is 22.5 Å². The number of hydrogen-bond acceptors (Lipinski definition) is 7. The largest absolute Gasteiger partial charge is 0.301 e. The average molecular weight is 312 g/mol. The summed E-state index contributed by atoms with van der Waals surface area (Å²) in [4.78, 5) is 48.2. The van der Waals surface area contributed by atoms with Gasteiger partial charge in [0.2, 0.25) is 11.8 Å². The van der Waals surface area contributed by atoms with E-state index in [1.807, 2.05) is 10.9 Å². The van der Waals surface area contributed by atoms with Crippen molar-refractivity contribution in [3.63, 3.8) is 0 Å². The Morgan fingerprint density at radius 2 is 1.41 bits per heavy atom. The van der Waals surface area contributed by atoms with E-state index in [0.717, 1.165) is 4.90 Å². The molecular weight excluding hydrogens is 292 g/mol. The van der Waals surface area contributed by atoms with E-state index in [2.05, 4.69) is 0 Å². The van der Waals surface area contributed by atoms with Crippen LogP contribution in [0.15, 0.2) is 12.2 Å². The number of hydrogen-bond donors (Lipinski definition) is 4. The Bertz CT molecular complexity index is 440. The lowest BCUT2D eigenvalue weighted by molar-refractivity contribution is -0.137. The number of imide groups is 1. The molecule has 0 aromatic rings. The molecule has 10 nitrogen and oxygen atoms in total. The fourth-order valence-electron chi connectivity index (χ4n) is 1.89. The molecule has 0 fully saturated rings. The van der Waals surface area contributed by atoms with Crippen LogP contribution in [0.4, 0.5) is 0 Å². The summed E-state index contributed by atoms with van der Waals surface area (Å²) in [5.74, 6) is 8.58. The van der Waals surface area contributed by atoms with Crippen LogP contribution in [0.3, 0.4) is 0 Å². The molecule has 0 saturated heterocycles. The zero-order valence-corrected chi connectivity index (χ0v) is 12.1. The quantitative estimate of drug-likeness (QED) is 0.153. The van der Waals surface area contributed by atoms with Crippen molar-refractivity contribution in [1.82, 2.24) is 20.7 Å².